The lowest BCUT2D eigenvalue weighted by Crippen LogP contribution is -2.68. The Bertz CT molecular complexity index is 2440. The maximum absolute atomic E-state index is 13.0. The molecular weight excluding hydrogens is 1260 g/mol. The quantitative estimate of drug-likeness (QED) is 0.0725. The second kappa shape index (κ2) is 32.0. The minimum atomic E-state index is -2.27. The number of aromatic nitrogens is 2. The molecule has 0 radical (unpaired) electrons. The largest absolute Gasteiger partial charge is 0.480 e. The molecule has 0 aromatic carbocycles. The van der Waals surface area contributed by atoms with Crippen LogP contribution in [0.25, 0.3) is 0 Å². The van der Waals surface area contributed by atoms with E-state index in [2.05, 4.69) is 20.6 Å². The molecule has 21 saturated heterocycles. The lowest BCUT2D eigenvalue weighted by atomic mass is 9.95. The number of H-pyrrole nitrogens is 1. The molecule has 92 heavy (non-hydrogen) atoms. The summed E-state index contributed by atoms with van der Waals surface area (Å²) in [5, 5.41) is 239. The SMILES string of the molecule is O=C(CCNC[C@H]1O[C@@H]2O[C@H]3[C@H](O)[C@H](O)[C@@H](O[C@H]4[C@H](O)[C@H](O)[C@@H](O[C@H]5[C@H](O)[C@@H](O)[C@@H](O[C@H]6[C@H](O)[C@@H](O)[C@@H](O[C@H]7[C@H](O)[C@@H](O)[C@@H](O[C@H]8[C@H](O)[C@@H](O)[C@@H](O[C@H]1[C@H](O)[C@H]2O)O[C@@H]8CO)O[C@@H]7CO)O[C@@H]6CO)O[C@@H]5CO)O[C@@H]4CO)O[C@@H]3CO)NC(Cc1cnc[nH]1)C(=O)O. The van der Waals surface area contributed by atoms with Crippen molar-refractivity contribution in [2.75, 3.05) is 52.7 Å². The summed E-state index contributed by atoms with van der Waals surface area (Å²) in [6.45, 7) is -7.27. The molecule has 0 aliphatic carbocycles. The molecule has 21 aliphatic rings. The number of nitrogens with zero attached hydrogens (tertiary/aromatic N) is 1. The number of ether oxygens (including phenoxy) is 14. The fraction of sp³-hybridized carbons (Fsp3) is 0.902. The first kappa shape index (κ1) is 73.0. The molecule has 0 saturated carbocycles. The van der Waals surface area contributed by atoms with E-state index in [1.54, 1.807) is 0 Å². The summed E-state index contributed by atoms with van der Waals surface area (Å²) >= 11 is 0. The summed E-state index contributed by atoms with van der Waals surface area (Å²) in [7, 11) is 0. The van der Waals surface area contributed by atoms with E-state index in [4.69, 9.17) is 66.3 Å². The van der Waals surface area contributed by atoms with Crippen LogP contribution in [0.4, 0.5) is 0 Å². The maximum Gasteiger partial charge on any atom is 0.326 e. The van der Waals surface area contributed by atoms with Gasteiger partial charge in [0.1, 0.15) is 177 Å². The van der Waals surface area contributed by atoms with Gasteiger partial charge in [-0.15, -0.1) is 0 Å². The van der Waals surface area contributed by atoms with E-state index in [0.717, 1.165) is 0 Å². The number of rotatable bonds is 15. The highest BCUT2D eigenvalue weighted by Crippen LogP contribution is 2.39. The molecule has 24 N–H and O–H groups in total. The second-order valence-corrected chi connectivity index (χ2v) is 23.2. The maximum atomic E-state index is 13.0. The van der Waals surface area contributed by atoms with Gasteiger partial charge in [-0.3, -0.25) is 4.79 Å². The number of aliphatic hydroxyl groups is 20. The van der Waals surface area contributed by atoms with Gasteiger partial charge in [-0.25, -0.2) is 9.78 Å². The summed E-state index contributed by atoms with van der Waals surface area (Å²) in [4.78, 5) is 31.6. The molecule has 41 nitrogen and oxygen atoms in total. The highest BCUT2D eigenvalue weighted by Gasteiger charge is 2.59. The number of nitrogens with one attached hydrogen (secondary N) is 3. The van der Waals surface area contributed by atoms with Crippen molar-refractivity contribution >= 4 is 11.9 Å². The van der Waals surface area contributed by atoms with Crippen LogP contribution in [0.3, 0.4) is 0 Å². The molecule has 14 bridgehead atoms. The Morgan fingerprint density at radius 1 is 0.391 bits per heavy atom. The van der Waals surface area contributed by atoms with Crippen LogP contribution in [0.1, 0.15) is 12.1 Å². The average Bonchev–Trinajstić information content (AvgIpc) is 0.836. The second-order valence-electron chi connectivity index (χ2n) is 23.2. The van der Waals surface area contributed by atoms with Crippen molar-refractivity contribution in [1.82, 2.24) is 20.6 Å². The lowest BCUT2D eigenvalue weighted by Gasteiger charge is -2.50. The van der Waals surface area contributed by atoms with E-state index in [1.807, 2.05) is 0 Å². The number of aromatic amines is 1. The summed E-state index contributed by atoms with van der Waals surface area (Å²) in [5.74, 6) is -2.14. The third-order valence-corrected chi connectivity index (χ3v) is 17.1. The number of hydrogen-bond donors (Lipinski definition) is 24. The first-order valence-electron chi connectivity index (χ1n) is 29.4. The van der Waals surface area contributed by atoms with Crippen molar-refractivity contribution in [2.45, 2.75) is 234 Å². The van der Waals surface area contributed by atoms with Crippen LogP contribution in [0.15, 0.2) is 12.5 Å². The fourth-order valence-corrected chi connectivity index (χ4v) is 12.0. The Balaban J connectivity index is 0.990. The van der Waals surface area contributed by atoms with Crippen molar-refractivity contribution in [3.05, 3.63) is 18.2 Å². The minimum Gasteiger partial charge on any atom is -0.480 e. The molecule has 22 rings (SSSR count). The molecule has 21 fully saturated rings. The topological polar surface area (TPSA) is 641 Å². The number of aliphatic hydroxyl groups excluding tert-OH is 20. The van der Waals surface area contributed by atoms with Crippen LogP contribution >= 0.6 is 0 Å². The van der Waals surface area contributed by atoms with Crippen LogP contribution in [0.5, 0.6) is 0 Å². The number of imidazole rings is 1. The van der Waals surface area contributed by atoms with Gasteiger partial charge in [0.15, 0.2) is 44.0 Å². The first-order chi connectivity index (χ1) is 43.9. The first-order valence-corrected chi connectivity index (χ1v) is 29.4. The van der Waals surface area contributed by atoms with Crippen molar-refractivity contribution in [3.8, 4) is 0 Å². The monoisotopic (exact) mass is 1340 g/mol. The molecule has 0 spiro atoms. The van der Waals surface area contributed by atoms with E-state index in [1.165, 1.54) is 12.5 Å². The Hall–Kier alpha value is -3.25. The Kier molecular flexibility index (Phi) is 25.4. The number of aliphatic carboxylic acids is 1. The molecular formula is C51H82N4O37. The number of hydrogen-bond acceptors (Lipinski definition) is 38. The van der Waals surface area contributed by atoms with E-state index >= 15 is 0 Å². The number of carboxylic acids is 1. The molecule has 21 aliphatic heterocycles. The van der Waals surface area contributed by atoms with E-state index < -0.39 is 285 Å². The van der Waals surface area contributed by atoms with Crippen molar-refractivity contribution in [2.24, 2.45) is 0 Å². The van der Waals surface area contributed by atoms with Gasteiger partial charge in [0.2, 0.25) is 5.91 Å². The highest BCUT2D eigenvalue weighted by atomic mass is 16.8. The van der Waals surface area contributed by atoms with Crippen molar-refractivity contribution in [1.29, 1.82) is 0 Å². The minimum absolute atomic E-state index is 0.170. The Morgan fingerprint density at radius 3 is 0.870 bits per heavy atom. The zero-order valence-electron chi connectivity index (χ0n) is 48.4. The van der Waals surface area contributed by atoms with Gasteiger partial charge >= 0.3 is 5.97 Å². The molecule has 41 heteroatoms. The third kappa shape index (κ3) is 15.5. The molecule has 36 atom stereocenters. The van der Waals surface area contributed by atoms with Gasteiger partial charge in [0.05, 0.1) is 46.0 Å². The van der Waals surface area contributed by atoms with Crippen LogP contribution in [-0.2, 0) is 82.3 Å². The van der Waals surface area contributed by atoms with Gasteiger partial charge in [-0.2, -0.15) is 0 Å². The van der Waals surface area contributed by atoms with Gasteiger partial charge in [0, 0.05) is 37.8 Å². The summed E-state index contributed by atoms with van der Waals surface area (Å²) in [6, 6.07) is -1.40. The number of carbonyl (C=O) groups is 2. The number of amides is 1. The molecule has 1 amide bonds. The van der Waals surface area contributed by atoms with Crippen LogP contribution in [0.2, 0.25) is 0 Å². The fourth-order valence-electron chi connectivity index (χ4n) is 12.0. The normalized spacial score (nSPS) is 48.5. The molecule has 22 heterocycles. The Labute approximate surface area is 519 Å². The number of carboxylic acid groups (broad SMARTS) is 1. The van der Waals surface area contributed by atoms with Crippen molar-refractivity contribution < 1.29 is 183 Å². The van der Waals surface area contributed by atoms with Gasteiger partial charge in [0.25, 0.3) is 0 Å². The van der Waals surface area contributed by atoms with Crippen molar-refractivity contribution in [3.63, 3.8) is 0 Å². The summed E-state index contributed by atoms with van der Waals surface area (Å²) < 4.78 is 81.1. The predicted molar refractivity (Wildman–Crippen MR) is 281 cm³/mol. The molecule has 1 aromatic heterocycles. The molecule has 1 aromatic rings. The van der Waals surface area contributed by atoms with Gasteiger partial charge in [-0.1, -0.05) is 0 Å². The van der Waals surface area contributed by atoms with Gasteiger partial charge in [-0.05, 0) is 0 Å². The van der Waals surface area contributed by atoms with E-state index in [0.29, 0.717) is 5.69 Å². The lowest BCUT2D eigenvalue weighted by molar-refractivity contribution is -0.396. The smallest absolute Gasteiger partial charge is 0.326 e. The average molecular weight is 1340 g/mol. The van der Waals surface area contributed by atoms with Crippen LogP contribution < -0.4 is 10.6 Å². The van der Waals surface area contributed by atoms with Crippen LogP contribution in [0, 0.1) is 0 Å². The highest BCUT2D eigenvalue weighted by molar-refractivity contribution is 5.83. The van der Waals surface area contributed by atoms with Gasteiger partial charge < -0.3 is 189 Å². The zero-order valence-corrected chi connectivity index (χ0v) is 48.4. The summed E-state index contributed by atoms with van der Waals surface area (Å²) in [6.07, 6.45) is -69.6. The number of carbonyl (C=O) groups excluding carboxylic acids is 1. The van der Waals surface area contributed by atoms with Crippen LogP contribution in [-0.4, -0.2) is 403 Å². The summed E-state index contributed by atoms with van der Waals surface area (Å²) in [5.41, 5.74) is 0.390. The zero-order chi connectivity index (χ0) is 66.7. The molecule has 528 valence electrons. The predicted octanol–water partition coefficient (Wildman–Crippen LogP) is -15.7. The Morgan fingerprint density at radius 2 is 0.641 bits per heavy atom. The molecule has 1 unspecified atom stereocenters. The third-order valence-electron chi connectivity index (χ3n) is 17.1. The standard InChI is InChI=1S/C51H82N4O37/c56-6-16-38-25(65)32(72)47(81-16)89-40-18(8-58)83-49(34(74)27(40)67)91-42-20(10-60)85-51(36(76)29(42)69)92-43-21(11-61)84-50(35(75)28(43)68)90-41-19(9-59)82-48(33(73)26(41)66)88-39-17(7-57)80-46(31(71)24(39)64)86-37-15(79-45(87-38)30(70)23(37)63)5-52-2-1-22(62)55-14(44(77)78)3-13-4-53-12-54-13/h4,12,14-21,23-43,45-52,56-61,63-76H,1-3,5-11H2,(H,53,54)(H,55,62)(H,77,78)/t14?,15-,16-,17-,18-,19-,20-,21-,23-,24-,25-,26-,27-,28-,29-,30-,31-,32+,33-,34+,35-,36-,37-,38-,39-,40-,41-,42-,43-,45-,46-,47-,48-,49-,50-,51-/m1/s1. The van der Waals surface area contributed by atoms with E-state index in [9.17, 15) is 117 Å². The van der Waals surface area contributed by atoms with E-state index in [-0.39, 0.29) is 13.0 Å².